The van der Waals surface area contributed by atoms with Crippen molar-refractivity contribution in [3.63, 3.8) is 0 Å². The third-order valence-electron chi connectivity index (χ3n) is 4.73. The van der Waals surface area contributed by atoms with Crippen LogP contribution in [-0.4, -0.2) is 66.7 Å². The van der Waals surface area contributed by atoms with Crippen LogP contribution >= 0.6 is 0 Å². The minimum absolute atomic E-state index is 0.0734. The molecule has 0 aromatic heterocycles. The molecule has 122 valence electrons. The Morgan fingerprint density at radius 1 is 1.19 bits per heavy atom. The van der Waals surface area contributed by atoms with E-state index in [0.717, 1.165) is 0 Å². The molecule has 7 heteroatoms. The van der Waals surface area contributed by atoms with Gasteiger partial charge in [-0.05, 0) is 32.1 Å². The van der Waals surface area contributed by atoms with Gasteiger partial charge in [-0.3, -0.25) is 4.79 Å². The third kappa shape index (κ3) is 3.76. The fourth-order valence-corrected chi connectivity index (χ4v) is 4.29. The number of aliphatic hydroxyl groups excluding tert-OH is 1. The molecule has 2 saturated heterocycles. The lowest BCUT2D eigenvalue weighted by molar-refractivity contribution is -0.140. The minimum Gasteiger partial charge on any atom is -0.393 e. The van der Waals surface area contributed by atoms with E-state index in [9.17, 15) is 18.3 Å². The molecule has 0 aliphatic carbocycles. The third-order valence-corrected chi connectivity index (χ3v) is 6.61. The first-order valence-corrected chi connectivity index (χ1v) is 9.40. The molecule has 6 nitrogen and oxygen atoms in total. The van der Waals surface area contributed by atoms with Crippen LogP contribution in [0.5, 0.6) is 0 Å². The fourth-order valence-electron chi connectivity index (χ4n) is 3.16. The Morgan fingerprint density at radius 2 is 1.81 bits per heavy atom. The molecule has 2 atom stereocenters. The van der Waals surface area contributed by atoms with Gasteiger partial charge in [-0.25, -0.2) is 12.7 Å². The Morgan fingerprint density at radius 3 is 2.33 bits per heavy atom. The van der Waals surface area contributed by atoms with E-state index in [1.807, 2.05) is 11.8 Å². The van der Waals surface area contributed by atoms with E-state index in [1.165, 1.54) is 4.31 Å². The number of hydrogen-bond donors (Lipinski definition) is 1. The average Bonchev–Trinajstić information content (AvgIpc) is 2.49. The maximum absolute atomic E-state index is 12.5. The van der Waals surface area contributed by atoms with Gasteiger partial charge in [0, 0.05) is 32.1 Å². The maximum Gasteiger partial charge on any atom is 0.225 e. The predicted molar refractivity (Wildman–Crippen MR) is 80.1 cm³/mol. The number of aliphatic hydroxyl groups is 1. The number of hydrogen-bond acceptors (Lipinski definition) is 4. The van der Waals surface area contributed by atoms with Crippen molar-refractivity contribution >= 4 is 15.9 Å². The predicted octanol–water partition coefficient (Wildman–Crippen LogP) is 0.277. The summed E-state index contributed by atoms with van der Waals surface area (Å²) in [6, 6.07) is 0. The molecule has 1 N–H and O–H groups in total. The van der Waals surface area contributed by atoms with Crippen molar-refractivity contribution in [1.29, 1.82) is 0 Å². The first-order valence-electron chi connectivity index (χ1n) is 7.79. The summed E-state index contributed by atoms with van der Waals surface area (Å²) >= 11 is 0. The van der Waals surface area contributed by atoms with Crippen molar-refractivity contribution in [2.75, 3.05) is 31.9 Å². The molecule has 21 heavy (non-hydrogen) atoms. The first-order chi connectivity index (χ1) is 9.85. The quantitative estimate of drug-likeness (QED) is 0.810. The van der Waals surface area contributed by atoms with Gasteiger partial charge in [-0.2, -0.15) is 0 Å². The highest BCUT2D eigenvalue weighted by molar-refractivity contribution is 7.89. The van der Waals surface area contributed by atoms with Crippen LogP contribution in [0.2, 0.25) is 0 Å². The second-order valence-corrected chi connectivity index (χ2v) is 8.45. The average molecular weight is 318 g/mol. The number of carbonyl (C=O) groups excluding carboxylic acids is 1. The van der Waals surface area contributed by atoms with Gasteiger partial charge in [0.2, 0.25) is 15.9 Å². The molecule has 0 spiro atoms. The molecule has 0 aromatic carbocycles. The molecule has 1 amide bonds. The summed E-state index contributed by atoms with van der Waals surface area (Å²) < 4.78 is 25.1. The Kier molecular flexibility index (Phi) is 5.27. The van der Waals surface area contributed by atoms with Crippen LogP contribution in [0.15, 0.2) is 0 Å². The Labute approximate surface area is 127 Å². The molecule has 2 rings (SSSR count). The molecule has 2 fully saturated rings. The molecule has 0 bridgehead atoms. The lowest BCUT2D eigenvalue weighted by Gasteiger charge is -2.38. The maximum atomic E-state index is 12.5. The van der Waals surface area contributed by atoms with E-state index in [0.29, 0.717) is 45.4 Å². The molecule has 0 saturated carbocycles. The number of sulfonamides is 1. The molecule has 2 aliphatic rings. The molecular weight excluding hydrogens is 292 g/mol. The van der Waals surface area contributed by atoms with Gasteiger partial charge in [-0.15, -0.1) is 0 Å². The summed E-state index contributed by atoms with van der Waals surface area (Å²) in [6.07, 6.45) is 1.53. The van der Waals surface area contributed by atoms with E-state index in [2.05, 4.69) is 0 Å². The second kappa shape index (κ2) is 6.62. The van der Waals surface area contributed by atoms with Crippen LogP contribution in [0, 0.1) is 11.8 Å². The van der Waals surface area contributed by atoms with Crippen LogP contribution in [0.1, 0.15) is 33.1 Å². The van der Waals surface area contributed by atoms with Gasteiger partial charge in [-0.1, -0.05) is 6.92 Å². The second-order valence-electron chi connectivity index (χ2n) is 6.19. The van der Waals surface area contributed by atoms with Gasteiger partial charge in [0.15, 0.2) is 0 Å². The zero-order chi connectivity index (χ0) is 15.6. The highest BCUT2D eigenvalue weighted by Crippen LogP contribution is 2.25. The van der Waals surface area contributed by atoms with Gasteiger partial charge in [0.1, 0.15) is 0 Å². The SMILES string of the molecule is CCS(=O)(=O)N1CCC(C(=O)N2CCC(O)C(C)C2)CC1. The largest absolute Gasteiger partial charge is 0.393 e. The summed E-state index contributed by atoms with van der Waals surface area (Å²) in [6.45, 7) is 5.70. The standard InChI is InChI=1S/C14H26N2O4S/c1-3-21(19,20)16-8-4-12(5-9-16)14(18)15-7-6-13(17)11(2)10-15/h11-13,17H,3-10H2,1-2H3. The van der Waals surface area contributed by atoms with Crippen molar-refractivity contribution in [2.24, 2.45) is 11.8 Å². The Bertz CT molecular complexity index is 471. The number of carbonyl (C=O) groups is 1. The zero-order valence-electron chi connectivity index (χ0n) is 12.9. The number of rotatable bonds is 3. The van der Waals surface area contributed by atoms with E-state index in [1.54, 1.807) is 6.92 Å². The van der Waals surface area contributed by atoms with Gasteiger partial charge >= 0.3 is 0 Å². The summed E-state index contributed by atoms with van der Waals surface area (Å²) in [5.74, 6) is 0.286. The van der Waals surface area contributed by atoms with Crippen LogP contribution < -0.4 is 0 Å². The van der Waals surface area contributed by atoms with E-state index in [-0.39, 0.29) is 29.6 Å². The summed E-state index contributed by atoms with van der Waals surface area (Å²) in [5, 5.41) is 9.73. The number of nitrogens with zero attached hydrogens (tertiary/aromatic N) is 2. The van der Waals surface area contributed by atoms with Gasteiger partial charge < -0.3 is 10.0 Å². The zero-order valence-corrected chi connectivity index (χ0v) is 13.7. The lowest BCUT2D eigenvalue weighted by atomic mass is 9.92. The van der Waals surface area contributed by atoms with Gasteiger partial charge in [0.05, 0.1) is 11.9 Å². The summed E-state index contributed by atoms with van der Waals surface area (Å²) in [7, 11) is -3.14. The normalized spacial score (nSPS) is 29.6. The topological polar surface area (TPSA) is 77.9 Å². The highest BCUT2D eigenvalue weighted by atomic mass is 32.2. The minimum atomic E-state index is -3.14. The number of piperidine rings is 2. The molecular formula is C14H26N2O4S. The summed E-state index contributed by atoms with van der Waals surface area (Å²) in [4.78, 5) is 14.3. The lowest BCUT2D eigenvalue weighted by Crippen LogP contribution is -2.49. The van der Waals surface area contributed by atoms with Crippen LogP contribution in [-0.2, 0) is 14.8 Å². The van der Waals surface area contributed by atoms with Crippen molar-refractivity contribution in [2.45, 2.75) is 39.2 Å². The molecule has 2 aliphatic heterocycles. The molecule has 0 aromatic rings. The van der Waals surface area contributed by atoms with E-state index < -0.39 is 10.0 Å². The fraction of sp³-hybridized carbons (Fsp3) is 0.929. The van der Waals surface area contributed by atoms with Crippen molar-refractivity contribution in [3.05, 3.63) is 0 Å². The highest BCUT2D eigenvalue weighted by Gasteiger charge is 2.34. The van der Waals surface area contributed by atoms with Crippen molar-refractivity contribution in [3.8, 4) is 0 Å². The first kappa shape index (κ1) is 16.7. The monoisotopic (exact) mass is 318 g/mol. The van der Waals surface area contributed by atoms with Crippen molar-refractivity contribution < 1.29 is 18.3 Å². The number of amides is 1. The molecule has 0 radical (unpaired) electrons. The van der Waals surface area contributed by atoms with E-state index >= 15 is 0 Å². The Balaban J connectivity index is 1.89. The molecule has 2 heterocycles. The smallest absolute Gasteiger partial charge is 0.225 e. The number of likely N-dealkylation sites (tertiary alicyclic amines) is 1. The Hall–Kier alpha value is -0.660. The summed E-state index contributed by atoms with van der Waals surface area (Å²) in [5.41, 5.74) is 0. The van der Waals surface area contributed by atoms with Gasteiger partial charge in [0.25, 0.3) is 0 Å². The molecule has 2 unspecified atom stereocenters. The van der Waals surface area contributed by atoms with Crippen molar-refractivity contribution in [1.82, 2.24) is 9.21 Å². The van der Waals surface area contributed by atoms with Crippen LogP contribution in [0.3, 0.4) is 0 Å². The van der Waals surface area contributed by atoms with Crippen LogP contribution in [0.4, 0.5) is 0 Å². The van der Waals surface area contributed by atoms with E-state index in [4.69, 9.17) is 0 Å². The van der Waals surface area contributed by atoms with Crippen LogP contribution in [0.25, 0.3) is 0 Å².